The van der Waals surface area contributed by atoms with E-state index in [0.717, 1.165) is 27.6 Å². The number of carbonyl (C=O) groups excluding carboxylic acids is 3. The molecule has 0 radical (unpaired) electrons. The maximum atomic E-state index is 13.1. The number of thioether (sulfide) groups is 1. The van der Waals surface area contributed by atoms with Gasteiger partial charge in [0.25, 0.3) is 11.1 Å². The fraction of sp³-hybridized carbons (Fsp3) is 0.0741. The molecule has 3 aromatic carbocycles. The van der Waals surface area contributed by atoms with Gasteiger partial charge in [-0.1, -0.05) is 47.5 Å². The van der Waals surface area contributed by atoms with E-state index in [2.05, 4.69) is 5.32 Å². The summed E-state index contributed by atoms with van der Waals surface area (Å²) in [6.45, 7) is 0.0781. The summed E-state index contributed by atoms with van der Waals surface area (Å²) >= 11 is 12.9. The van der Waals surface area contributed by atoms with E-state index in [1.807, 2.05) is 24.3 Å². The van der Waals surface area contributed by atoms with Gasteiger partial charge in [-0.05, 0) is 65.9 Å². The molecule has 37 heavy (non-hydrogen) atoms. The number of hydrogen-bond acceptors (Lipinski definition) is 4. The van der Waals surface area contributed by atoms with Crippen LogP contribution in [0.1, 0.15) is 11.1 Å². The Labute approximate surface area is 225 Å². The first-order valence-electron chi connectivity index (χ1n) is 11.1. The van der Waals surface area contributed by atoms with Crippen LogP contribution in [0.5, 0.6) is 0 Å². The highest BCUT2D eigenvalue weighted by atomic mass is 35.5. The minimum absolute atomic E-state index is 0.00450. The number of carbonyl (C=O) groups is 3. The van der Waals surface area contributed by atoms with Crippen LogP contribution in [0, 0.1) is 5.82 Å². The third kappa shape index (κ3) is 5.41. The molecular formula is C27H18Cl2FN3O3S. The number of hydrogen-bond donors (Lipinski definition) is 1. The van der Waals surface area contributed by atoms with Crippen molar-refractivity contribution in [3.8, 4) is 0 Å². The average molecular weight is 554 g/mol. The van der Waals surface area contributed by atoms with E-state index >= 15 is 0 Å². The van der Waals surface area contributed by atoms with Gasteiger partial charge in [-0.3, -0.25) is 19.3 Å². The summed E-state index contributed by atoms with van der Waals surface area (Å²) in [5.74, 6) is -1.09. The molecule has 4 aromatic rings. The Kier molecular flexibility index (Phi) is 7.06. The standard InChI is InChI=1S/C27H18Cl2FN3O3S/c28-21-10-5-16(11-22(21)29)13-33-26(35)24(37-27(33)36)12-17-14-32(23-4-2-1-3-20(17)23)15-25(34)31-19-8-6-18(30)7-9-19/h1-12,14H,13,15H2,(H,31,34)/b24-12-. The molecule has 2 heterocycles. The van der Waals surface area contributed by atoms with Crippen LogP contribution in [0.3, 0.4) is 0 Å². The smallest absolute Gasteiger partial charge is 0.293 e. The normalized spacial score (nSPS) is 14.7. The molecule has 1 aromatic heterocycles. The number of aromatic nitrogens is 1. The highest BCUT2D eigenvalue weighted by molar-refractivity contribution is 8.18. The van der Waals surface area contributed by atoms with Crippen LogP contribution in [-0.2, 0) is 22.7 Å². The molecule has 0 saturated carbocycles. The Balaban J connectivity index is 1.38. The van der Waals surface area contributed by atoms with E-state index in [9.17, 15) is 18.8 Å². The van der Waals surface area contributed by atoms with Crippen molar-refractivity contribution in [2.45, 2.75) is 13.1 Å². The number of benzene rings is 3. The van der Waals surface area contributed by atoms with Gasteiger partial charge in [0, 0.05) is 28.4 Å². The Morgan fingerprint density at radius 3 is 2.51 bits per heavy atom. The second-order valence-corrected chi connectivity index (χ2v) is 10.1. The lowest BCUT2D eigenvalue weighted by molar-refractivity contribution is -0.123. The number of imide groups is 1. The molecule has 1 aliphatic rings. The molecule has 186 valence electrons. The number of rotatable bonds is 6. The summed E-state index contributed by atoms with van der Waals surface area (Å²) in [6, 6.07) is 17.9. The van der Waals surface area contributed by atoms with Crippen LogP contribution in [0.4, 0.5) is 14.9 Å². The third-order valence-corrected chi connectivity index (χ3v) is 7.39. The van der Waals surface area contributed by atoms with Gasteiger partial charge < -0.3 is 9.88 Å². The Hall–Kier alpha value is -3.59. The number of anilines is 1. The van der Waals surface area contributed by atoms with Crippen molar-refractivity contribution in [1.29, 1.82) is 0 Å². The van der Waals surface area contributed by atoms with Crippen LogP contribution >= 0.6 is 35.0 Å². The van der Waals surface area contributed by atoms with E-state index in [1.165, 1.54) is 24.3 Å². The quantitative estimate of drug-likeness (QED) is 0.262. The summed E-state index contributed by atoms with van der Waals surface area (Å²) < 4.78 is 14.9. The second kappa shape index (κ2) is 10.4. The van der Waals surface area contributed by atoms with Crippen molar-refractivity contribution >= 4 is 74.7 Å². The average Bonchev–Trinajstić information content (AvgIpc) is 3.34. The molecule has 3 amide bonds. The maximum absolute atomic E-state index is 13.1. The molecule has 0 spiro atoms. The van der Waals surface area contributed by atoms with Crippen LogP contribution in [0.25, 0.3) is 17.0 Å². The van der Waals surface area contributed by atoms with Crippen molar-refractivity contribution in [1.82, 2.24) is 9.47 Å². The van der Waals surface area contributed by atoms with Gasteiger partial charge in [-0.15, -0.1) is 0 Å². The van der Waals surface area contributed by atoms with Gasteiger partial charge in [0.1, 0.15) is 12.4 Å². The number of nitrogens with one attached hydrogen (secondary N) is 1. The predicted molar refractivity (Wildman–Crippen MR) is 145 cm³/mol. The zero-order chi connectivity index (χ0) is 26.1. The number of halogens is 3. The lowest BCUT2D eigenvalue weighted by Gasteiger charge is -2.12. The van der Waals surface area contributed by atoms with E-state index in [0.29, 0.717) is 26.9 Å². The van der Waals surface area contributed by atoms with Crippen molar-refractivity contribution in [2.75, 3.05) is 5.32 Å². The lowest BCUT2D eigenvalue weighted by atomic mass is 10.1. The van der Waals surface area contributed by atoms with Crippen molar-refractivity contribution < 1.29 is 18.8 Å². The minimum Gasteiger partial charge on any atom is -0.337 e. The fourth-order valence-electron chi connectivity index (χ4n) is 4.01. The van der Waals surface area contributed by atoms with Crippen molar-refractivity contribution in [3.63, 3.8) is 0 Å². The van der Waals surface area contributed by atoms with E-state index in [4.69, 9.17) is 23.2 Å². The summed E-state index contributed by atoms with van der Waals surface area (Å²) in [6.07, 6.45) is 3.43. The molecule has 1 N–H and O–H groups in total. The SMILES string of the molecule is O=C(Cn1cc(/C=C2\SC(=O)N(Cc3ccc(Cl)c(Cl)c3)C2=O)c2ccccc21)Nc1ccc(F)cc1. The molecule has 10 heteroatoms. The topological polar surface area (TPSA) is 71.4 Å². The summed E-state index contributed by atoms with van der Waals surface area (Å²) in [7, 11) is 0. The first kappa shape index (κ1) is 25.1. The van der Waals surface area contributed by atoms with Crippen LogP contribution in [0.15, 0.2) is 77.8 Å². The van der Waals surface area contributed by atoms with Gasteiger partial charge in [-0.2, -0.15) is 0 Å². The van der Waals surface area contributed by atoms with Crippen LogP contribution < -0.4 is 5.32 Å². The van der Waals surface area contributed by atoms with E-state index in [1.54, 1.807) is 35.0 Å². The summed E-state index contributed by atoms with van der Waals surface area (Å²) in [5.41, 5.74) is 2.66. The number of amides is 3. The molecule has 6 nitrogen and oxygen atoms in total. The molecule has 5 rings (SSSR count). The monoisotopic (exact) mass is 553 g/mol. The zero-order valence-corrected chi connectivity index (χ0v) is 21.4. The van der Waals surface area contributed by atoms with Crippen LogP contribution in [-0.4, -0.2) is 26.5 Å². The first-order valence-corrected chi connectivity index (χ1v) is 12.7. The molecular weight excluding hydrogens is 536 g/mol. The van der Waals surface area contributed by atoms with E-state index in [-0.39, 0.29) is 35.0 Å². The first-order chi connectivity index (χ1) is 17.8. The number of para-hydroxylation sites is 1. The Morgan fingerprint density at radius 1 is 1.00 bits per heavy atom. The fourth-order valence-corrected chi connectivity index (χ4v) is 5.16. The van der Waals surface area contributed by atoms with Crippen LogP contribution in [0.2, 0.25) is 10.0 Å². The molecule has 1 saturated heterocycles. The van der Waals surface area contributed by atoms with Gasteiger partial charge in [0.2, 0.25) is 5.91 Å². The zero-order valence-electron chi connectivity index (χ0n) is 19.1. The molecule has 0 atom stereocenters. The summed E-state index contributed by atoms with van der Waals surface area (Å²) in [4.78, 5) is 39.8. The van der Waals surface area contributed by atoms with Gasteiger partial charge in [0.05, 0.1) is 21.5 Å². The molecule has 1 aliphatic heterocycles. The summed E-state index contributed by atoms with van der Waals surface area (Å²) in [5, 5.41) is 3.92. The minimum atomic E-state index is -0.410. The highest BCUT2D eigenvalue weighted by Gasteiger charge is 2.35. The maximum Gasteiger partial charge on any atom is 0.293 e. The highest BCUT2D eigenvalue weighted by Crippen LogP contribution is 2.35. The largest absolute Gasteiger partial charge is 0.337 e. The van der Waals surface area contributed by atoms with Gasteiger partial charge >= 0.3 is 0 Å². The van der Waals surface area contributed by atoms with Crippen molar-refractivity contribution in [2.24, 2.45) is 0 Å². The molecule has 1 fully saturated rings. The number of nitrogens with zero attached hydrogens (tertiary/aromatic N) is 2. The van der Waals surface area contributed by atoms with Gasteiger partial charge in [0.15, 0.2) is 0 Å². The Morgan fingerprint density at radius 2 is 1.76 bits per heavy atom. The van der Waals surface area contributed by atoms with Crippen molar-refractivity contribution in [3.05, 3.63) is 105 Å². The molecule has 0 unspecified atom stereocenters. The molecule has 0 bridgehead atoms. The molecule has 0 aliphatic carbocycles. The van der Waals surface area contributed by atoms with E-state index < -0.39 is 5.91 Å². The second-order valence-electron chi connectivity index (χ2n) is 8.30. The van der Waals surface area contributed by atoms with Gasteiger partial charge in [-0.25, -0.2) is 4.39 Å². The number of fused-ring (bicyclic) bond motifs is 1. The predicted octanol–water partition coefficient (Wildman–Crippen LogP) is 6.96. The Bertz CT molecular complexity index is 1580. The third-order valence-electron chi connectivity index (χ3n) is 5.75. The lowest BCUT2D eigenvalue weighted by Crippen LogP contribution is -2.27.